The van der Waals surface area contributed by atoms with Gasteiger partial charge in [-0.15, -0.1) is 0 Å². The minimum atomic E-state index is -1.70. The Morgan fingerprint density at radius 2 is 1.56 bits per heavy atom. The van der Waals surface area contributed by atoms with Gasteiger partial charge in [0.15, 0.2) is 11.7 Å². The summed E-state index contributed by atoms with van der Waals surface area (Å²) < 4.78 is 37.4. The first kappa shape index (κ1) is 29.3. The van der Waals surface area contributed by atoms with E-state index in [1.54, 1.807) is 14.2 Å². The summed E-state index contributed by atoms with van der Waals surface area (Å²) in [5.41, 5.74) is -3.92. The van der Waals surface area contributed by atoms with Crippen LogP contribution in [0.25, 0.3) is 0 Å². The summed E-state index contributed by atoms with van der Waals surface area (Å²) in [4.78, 5) is 38.5. The van der Waals surface area contributed by atoms with E-state index < -0.39 is 70.8 Å². The zero-order valence-corrected chi connectivity index (χ0v) is 25.3. The highest BCUT2D eigenvalue weighted by Gasteiger charge is 2.91. The smallest absolute Gasteiger partial charge is 0.303 e. The molecule has 0 radical (unpaired) electrons. The van der Waals surface area contributed by atoms with Gasteiger partial charge in [0, 0.05) is 77.9 Å². The summed E-state index contributed by atoms with van der Waals surface area (Å²) >= 11 is 0. The topological polar surface area (TPSA) is 139 Å². The predicted octanol–water partition coefficient (Wildman–Crippen LogP) is 1.23. The number of esters is 3. The van der Waals surface area contributed by atoms with E-state index >= 15 is 0 Å². The van der Waals surface area contributed by atoms with Gasteiger partial charge in [-0.05, 0) is 36.5 Å². The number of ether oxygens (including phenoxy) is 6. The third-order valence-electron chi connectivity index (χ3n) is 12.6. The van der Waals surface area contributed by atoms with Gasteiger partial charge in [-0.3, -0.25) is 14.4 Å². The molecule has 0 aromatic carbocycles. The average Bonchev–Trinajstić information content (AvgIpc) is 3.24. The Kier molecular flexibility index (Phi) is 6.68. The van der Waals surface area contributed by atoms with Crippen molar-refractivity contribution in [1.29, 1.82) is 0 Å². The average molecular weight is 580 g/mol. The van der Waals surface area contributed by atoms with Crippen molar-refractivity contribution in [3.05, 3.63) is 0 Å². The Morgan fingerprint density at radius 1 is 0.902 bits per heavy atom. The van der Waals surface area contributed by atoms with Gasteiger partial charge >= 0.3 is 17.9 Å². The first-order valence-electron chi connectivity index (χ1n) is 14.9. The Balaban J connectivity index is 1.72. The third-order valence-corrected chi connectivity index (χ3v) is 12.6. The summed E-state index contributed by atoms with van der Waals surface area (Å²) in [6.45, 7) is 9.18. The zero-order chi connectivity index (χ0) is 29.9. The molecule has 1 aliphatic heterocycles. The molecule has 0 aromatic rings. The fraction of sp³-hybridized carbons (Fsp3) is 0.900. The molecule has 0 aromatic heterocycles. The van der Waals surface area contributed by atoms with Crippen molar-refractivity contribution < 1.29 is 47.9 Å². The fourth-order valence-corrected chi connectivity index (χ4v) is 11.9. The molecule has 1 unspecified atom stereocenters. The predicted molar refractivity (Wildman–Crippen MR) is 142 cm³/mol. The van der Waals surface area contributed by atoms with E-state index in [1.165, 1.54) is 27.9 Å². The number of carbonyl (C=O) groups is 3. The molecule has 230 valence electrons. The Morgan fingerprint density at radius 3 is 2.10 bits per heavy atom. The van der Waals surface area contributed by atoms with Crippen LogP contribution in [0.4, 0.5) is 0 Å². The lowest BCUT2D eigenvalue weighted by Gasteiger charge is -2.69. The first-order chi connectivity index (χ1) is 19.4. The Bertz CT molecular complexity index is 1130. The van der Waals surface area contributed by atoms with Crippen LogP contribution in [0.3, 0.4) is 0 Å². The summed E-state index contributed by atoms with van der Waals surface area (Å²) in [7, 11) is 4.86. The molecule has 11 heteroatoms. The van der Waals surface area contributed by atoms with Crippen molar-refractivity contribution in [2.45, 2.75) is 102 Å². The summed E-state index contributed by atoms with van der Waals surface area (Å²) in [6, 6.07) is -0.246. The molecule has 5 saturated carbocycles. The van der Waals surface area contributed by atoms with Crippen molar-refractivity contribution in [2.24, 2.45) is 40.4 Å². The fourth-order valence-electron chi connectivity index (χ4n) is 11.9. The molecule has 2 N–H and O–H groups in total. The van der Waals surface area contributed by atoms with E-state index in [1.807, 2.05) is 0 Å². The number of aliphatic hydroxyl groups is 1. The van der Waals surface area contributed by atoms with Crippen molar-refractivity contribution >= 4 is 17.9 Å². The molecule has 15 atom stereocenters. The lowest BCUT2D eigenvalue weighted by Crippen LogP contribution is -2.81. The van der Waals surface area contributed by atoms with E-state index in [9.17, 15) is 19.5 Å². The molecule has 6 fully saturated rings. The second kappa shape index (κ2) is 9.35. The molecule has 1 spiro atoms. The minimum Gasteiger partial charge on any atom is -0.459 e. The number of nitrogens with one attached hydrogen (secondary N) is 1. The highest BCUT2D eigenvalue weighted by atomic mass is 16.6. The van der Waals surface area contributed by atoms with Crippen LogP contribution >= 0.6 is 0 Å². The molecule has 1 heterocycles. The van der Waals surface area contributed by atoms with Crippen molar-refractivity contribution in [3.8, 4) is 0 Å². The number of rotatable bonds is 7. The molecule has 6 aliphatic rings. The van der Waals surface area contributed by atoms with Crippen LogP contribution in [0.1, 0.15) is 53.9 Å². The van der Waals surface area contributed by atoms with E-state index in [2.05, 4.69) is 19.2 Å². The highest BCUT2D eigenvalue weighted by Crippen LogP contribution is 2.80. The maximum atomic E-state index is 13.1. The minimum absolute atomic E-state index is 0.0164. The van der Waals surface area contributed by atoms with Crippen LogP contribution in [0.15, 0.2) is 0 Å². The van der Waals surface area contributed by atoms with Gasteiger partial charge < -0.3 is 38.8 Å². The molecule has 11 nitrogen and oxygen atoms in total. The van der Waals surface area contributed by atoms with Crippen LogP contribution in [0.2, 0.25) is 0 Å². The molecule has 6 rings (SSSR count). The first-order valence-corrected chi connectivity index (χ1v) is 14.9. The molecule has 0 amide bonds. The number of piperidine rings is 1. The number of fused-ring (bicyclic) bond motifs is 2. The monoisotopic (exact) mass is 579 g/mol. The van der Waals surface area contributed by atoms with Gasteiger partial charge in [-0.1, -0.05) is 13.8 Å². The normalized spacial score (nSPS) is 53.9. The largest absolute Gasteiger partial charge is 0.459 e. The van der Waals surface area contributed by atoms with Gasteiger partial charge in [0.25, 0.3) is 0 Å². The van der Waals surface area contributed by atoms with Crippen LogP contribution in [0, 0.1) is 40.4 Å². The lowest BCUT2D eigenvalue weighted by atomic mass is 9.41. The second-order valence-corrected chi connectivity index (χ2v) is 13.5. The van der Waals surface area contributed by atoms with Gasteiger partial charge in [-0.25, -0.2) is 0 Å². The van der Waals surface area contributed by atoms with Crippen LogP contribution in [-0.2, 0) is 42.8 Å². The van der Waals surface area contributed by atoms with Crippen LogP contribution < -0.4 is 5.32 Å². The van der Waals surface area contributed by atoms with Crippen LogP contribution in [0.5, 0.6) is 0 Å². The quantitative estimate of drug-likeness (QED) is 0.333. The maximum Gasteiger partial charge on any atom is 0.303 e. The highest BCUT2D eigenvalue weighted by molar-refractivity contribution is 5.69. The third kappa shape index (κ3) is 3.20. The molecular formula is C30H45NO10. The van der Waals surface area contributed by atoms with Gasteiger partial charge in [0.1, 0.15) is 17.8 Å². The van der Waals surface area contributed by atoms with Gasteiger partial charge in [0.05, 0.1) is 12.2 Å². The second-order valence-electron chi connectivity index (χ2n) is 13.5. The molecule has 7 bridgehead atoms. The summed E-state index contributed by atoms with van der Waals surface area (Å²) in [5, 5.41) is 16.5. The van der Waals surface area contributed by atoms with Gasteiger partial charge in [0.2, 0.25) is 0 Å². The standard InChI is InChI=1S/C30H45NO10/c1-9-27-12-31-23-20-21(37-7)22(27)29(23,18(36-6)10-13(27)2)17-11-28(35)24(39-14(3)32)19(17)30(20,41-16(5)34)26(25(28)38-8)40-15(4)33/h13,17-26,31,35H,9-12H2,1-8H3/t13-,17-,18+,19-,20?,21+,22-,23-,24-,25+,26+,27-,28-,29+,30-/m1/s1. The molecule has 5 aliphatic carbocycles. The van der Waals surface area contributed by atoms with E-state index in [-0.39, 0.29) is 35.8 Å². The summed E-state index contributed by atoms with van der Waals surface area (Å²) in [6.07, 6.45) is -2.05. The number of carbonyl (C=O) groups excluding carboxylic acids is 3. The van der Waals surface area contributed by atoms with Gasteiger partial charge in [-0.2, -0.15) is 0 Å². The number of hydrogen-bond acceptors (Lipinski definition) is 11. The maximum absolute atomic E-state index is 13.1. The SMILES string of the molecule is CC[C@]12CN[C@@H]3C4[C@H](OC)[C@H]1[C@@]3([C@@H](OC)C[C@H]2C)[C@@H]1C[C@@]2(O)[C@H](OC(C)=O)[C@@H]1[C@]4(OC(C)=O)[C@@H](OC(C)=O)[C@@H]2OC. The Labute approximate surface area is 241 Å². The van der Waals surface area contributed by atoms with Crippen molar-refractivity contribution in [2.75, 3.05) is 27.9 Å². The number of hydrogen-bond donors (Lipinski definition) is 2. The number of methoxy groups -OCH3 is 3. The van der Waals surface area contributed by atoms with E-state index in [4.69, 9.17) is 28.4 Å². The molecular weight excluding hydrogens is 534 g/mol. The lowest BCUT2D eigenvalue weighted by molar-refractivity contribution is -0.313. The zero-order valence-electron chi connectivity index (χ0n) is 25.3. The molecule has 1 saturated heterocycles. The molecule has 41 heavy (non-hydrogen) atoms. The van der Waals surface area contributed by atoms with E-state index in [0.29, 0.717) is 5.92 Å². The summed E-state index contributed by atoms with van der Waals surface area (Å²) in [5.74, 6) is -2.98. The van der Waals surface area contributed by atoms with Crippen molar-refractivity contribution in [3.63, 3.8) is 0 Å². The van der Waals surface area contributed by atoms with Crippen molar-refractivity contribution in [1.82, 2.24) is 5.32 Å². The van der Waals surface area contributed by atoms with E-state index in [0.717, 1.165) is 19.4 Å². The Hall–Kier alpha value is -1.79. The van der Waals surface area contributed by atoms with Crippen LogP contribution in [-0.4, -0.2) is 98.7 Å².